The summed E-state index contributed by atoms with van der Waals surface area (Å²) in [6.45, 7) is 0. The average molecular weight is 1040 g/mol. The molecule has 0 N–H and O–H groups in total. The summed E-state index contributed by atoms with van der Waals surface area (Å²) in [5, 5.41) is 0. The molecule has 0 aliphatic heterocycles. The van der Waals surface area contributed by atoms with Crippen LogP contribution in [-0.4, -0.2) is 0 Å². The third kappa shape index (κ3) is 11.2. The lowest BCUT2D eigenvalue weighted by Gasteiger charge is -2.66. The molecule has 0 spiro atoms. The fourth-order valence-corrected chi connectivity index (χ4v) is 28.1. The van der Waals surface area contributed by atoms with Gasteiger partial charge in [-0.15, -0.1) is 0 Å². The number of rotatable bonds is 9. The Kier molecular flexibility index (Phi) is 17.8. The van der Waals surface area contributed by atoms with E-state index in [1.165, 1.54) is 0 Å². The highest BCUT2D eigenvalue weighted by Gasteiger charge is 2.62. The highest BCUT2D eigenvalue weighted by Crippen LogP contribution is 2.70. The SMILES string of the molecule is C1CCC(C2CCCC(C3CC(C4CCCCC4)CC(C4C5CCCCC5C(C5C6CCCCC6C(C6CC(C7CCCCC7)CC(C7CCCC(C8CCCCC8)C7)C6)C6CCCCC65)C5CCCCC54)C3)C2)CC1. The van der Waals surface area contributed by atoms with Gasteiger partial charge in [0.25, 0.3) is 0 Å². The molecule has 0 aromatic rings. The van der Waals surface area contributed by atoms with Gasteiger partial charge >= 0.3 is 0 Å². The molecule has 76 heavy (non-hydrogen) atoms. The van der Waals surface area contributed by atoms with E-state index in [-0.39, 0.29) is 0 Å². The Morgan fingerprint density at radius 1 is 0.105 bits per heavy atom. The van der Waals surface area contributed by atoms with E-state index in [2.05, 4.69) is 0 Å². The van der Waals surface area contributed by atoms with Crippen molar-refractivity contribution in [1.29, 1.82) is 0 Å². The standard InChI is InChI=1S/C76H126/c1-5-23-51(24-6-1)55-31-21-33-57(43-55)61-45-59(53-27-9-3-10-28-53)47-63(49-61)73-65-35-13-17-39-69(65)75(70-40-18-14-36-66(70)73)76-71-41-19-15-37-67(71)74(68-38-16-20-42-72(68)76)64-48-60(54-29-11-4-12-30-54)46-62(50-64)58-34-22-32-56(44-58)52-25-7-2-8-26-52/h51-76H,1-50H2. The third-order valence-electron chi connectivity index (χ3n) is 30.7. The minimum absolute atomic E-state index is 1.09. The van der Waals surface area contributed by atoms with Crippen molar-refractivity contribution >= 4 is 0 Å². The summed E-state index contributed by atoms with van der Waals surface area (Å²) in [5.41, 5.74) is 0. The predicted octanol–water partition coefficient (Wildman–Crippen LogP) is 22.7. The van der Waals surface area contributed by atoms with E-state index in [4.69, 9.17) is 0 Å². The van der Waals surface area contributed by atoms with Gasteiger partial charge in [0.1, 0.15) is 0 Å². The molecular weight excluding hydrogens is 913 g/mol. The van der Waals surface area contributed by atoms with Gasteiger partial charge in [-0.1, -0.05) is 218 Å². The molecule has 0 radical (unpaired) electrons. The van der Waals surface area contributed by atoms with Gasteiger partial charge in [-0.25, -0.2) is 0 Å². The zero-order valence-corrected chi connectivity index (χ0v) is 50.4. The van der Waals surface area contributed by atoms with Crippen molar-refractivity contribution < 1.29 is 0 Å². The Balaban J connectivity index is 0.762. The Morgan fingerprint density at radius 3 is 0.553 bits per heavy atom. The van der Waals surface area contributed by atoms with Gasteiger partial charge in [-0.05, 0) is 257 Å². The van der Waals surface area contributed by atoms with Crippen molar-refractivity contribution in [1.82, 2.24) is 0 Å². The smallest absolute Gasteiger partial charge is 0.0318 e. The van der Waals surface area contributed by atoms with E-state index >= 15 is 0 Å². The van der Waals surface area contributed by atoms with Crippen LogP contribution in [0.2, 0.25) is 0 Å². The molecule has 14 saturated carbocycles. The van der Waals surface area contributed by atoms with Crippen LogP contribution in [0, 0.1) is 154 Å². The third-order valence-corrected chi connectivity index (χ3v) is 30.7. The van der Waals surface area contributed by atoms with E-state index in [0.29, 0.717) is 0 Å². The van der Waals surface area contributed by atoms with Crippen LogP contribution in [0.5, 0.6) is 0 Å². The quantitative estimate of drug-likeness (QED) is 0.216. The van der Waals surface area contributed by atoms with Crippen molar-refractivity contribution in [3.05, 3.63) is 0 Å². The summed E-state index contributed by atoms with van der Waals surface area (Å²) >= 11 is 0. The van der Waals surface area contributed by atoms with E-state index in [9.17, 15) is 0 Å². The predicted molar refractivity (Wildman–Crippen MR) is 322 cm³/mol. The van der Waals surface area contributed by atoms with Crippen molar-refractivity contribution in [3.63, 3.8) is 0 Å². The lowest BCUT2D eigenvalue weighted by atomic mass is 9.39. The number of fused-ring (bicyclic) bond motifs is 4. The van der Waals surface area contributed by atoms with Crippen LogP contribution < -0.4 is 0 Å². The van der Waals surface area contributed by atoms with E-state index in [0.717, 1.165) is 154 Å². The maximum atomic E-state index is 1.71. The van der Waals surface area contributed by atoms with Crippen molar-refractivity contribution in [2.45, 2.75) is 321 Å². The summed E-state index contributed by atoms with van der Waals surface area (Å²) in [5.74, 6) is 28.7. The number of hydrogen-bond donors (Lipinski definition) is 0. The summed E-state index contributed by atoms with van der Waals surface area (Å²) in [6.07, 6.45) is 80.9. The van der Waals surface area contributed by atoms with Gasteiger partial charge < -0.3 is 0 Å². The van der Waals surface area contributed by atoms with Gasteiger partial charge in [0.2, 0.25) is 0 Å². The molecule has 0 aromatic carbocycles. The minimum Gasteiger partial charge on any atom is -0.0533 e. The van der Waals surface area contributed by atoms with Gasteiger partial charge in [0.05, 0.1) is 0 Å². The van der Waals surface area contributed by atoms with Crippen LogP contribution in [0.1, 0.15) is 321 Å². The summed E-state index contributed by atoms with van der Waals surface area (Å²) in [7, 11) is 0. The molecular formula is C76H126. The fraction of sp³-hybridized carbons (Fsp3) is 1.00. The number of hydrogen-bond acceptors (Lipinski definition) is 0. The molecule has 18 atom stereocenters. The Morgan fingerprint density at radius 2 is 0.276 bits per heavy atom. The van der Waals surface area contributed by atoms with Crippen LogP contribution >= 0.6 is 0 Å². The molecule has 18 unspecified atom stereocenters. The zero-order valence-electron chi connectivity index (χ0n) is 50.4. The summed E-state index contributed by atoms with van der Waals surface area (Å²) < 4.78 is 0. The highest BCUT2D eigenvalue weighted by atomic mass is 14.7. The monoisotopic (exact) mass is 1040 g/mol. The van der Waals surface area contributed by atoms with Gasteiger partial charge in [0.15, 0.2) is 0 Å². The van der Waals surface area contributed by atoms with Crippen LogP contribution in [0.15, 0.2) is 0 Å². The molecule has 0 heteroatoms. The fourth-order valence-electron chi connectivity index (χ4n) is 28.1. The molecule has 14 fully saturated rings. The first kappa shape index (κ1) is 54.0. The van der Waals surface area contributed by atoms with E-state index < -0.39 is 0 Å². The summed E-state index contributed by atoms with van der Waals surface area (Å²) in [6, 6.07) is 0. The van der Waals surface area contributed by atoms with Crippen LogP contribution in [0.4, 0.5) is 0 Å². The lowest BCUT2D eigenvalue weighted by molar-refractivity contribution is -0.178. The molecule has 0 amide bonds. The van der Waals surface area contributed by atoms with Crippen LogP contribution in [0.25, 0.3) is 0 Å². The largest absolute Gasteiger partial charge is 0.0533 e. The molecule has 0 heterocycles. The Labute approximate surface area is 472 Å². The second kappa shape index (κ2) is 25.1. The molecule has 0 nitrogen and oxygen atoms in total. The molecule has 0 bridgehead atoms. The maximum Gasteiger partial charge on any atom is -0.0318 e. The first-order valence-electron chi connectivity index (χ1n) is 37.7. The highest BCUT2D eigenvalue weighted by molar-refractivity contribution is 5.11. The average Bonchev–Trinajstić information content (AvgIpc) is 3.55. The topological polar surface area (TPSA) is 0 Å². The van der Waals surface area contributed by atoms with Crippen LogP contribution in [0.3, 0.4) is 0 Å². The molecule has 14 aliphatic carbocycles. The first-order chi connectivity index (χ1) is 37.7. The van der Waals surface area contributed by atoms with Crippen LogP contribution in [-0.2, 0) is 0 Å². The minimum atomic E-state index is 1.09. The van der Waals surface area contributed by atoms with E-state index in [1.807, 2.05) is 0 Å². The molecule has 14 aliphatic rings. The Hall–Kier alpha value is 0. The summed E-state index contributed by atoms with van der Waals surface area (Å²) in [4.78, 5) is 0. The van der Waals surface area contributed by atoms with Gasteiger partial charge in [0, 0.05) is 0 Å². The molecule has 14 rings (SSSR count). The molecule has 430 valence electrons. The first-order valence-corrected chi connectivity index (χ1v) is 37.7. The maximum absolute atomic E-state index is 1.71. The zero-order chi connectivity index (χ0) is 50.4. The molecule has 0 saturated heterocycles. The molecule has 0 aromatic heterocycles. The van der Waals surface area contributed by atoms with E-state index in [1.54, 1.807) is 321 Å². The lowest BCUT2D eigenvalue weighted by Crippen LogP contribution is -2.60. The normalized spacial score (nSPS) is 49.9. The Bertz CT molecular complexity index is 1590. The second-order valence-corrected chi connectivity index (χ2v) is 33.7. The van der Waals surface area contributed by atoms with Crippen molar-refractivity contribution in [2.24, 2.45) is 154 Å². The van der Waals surface area contributed by atoms with Crippen molar-refractivity contribution in [2.75, 3.05) is 0 Å². The van der Waals surface area contributed by atoms with Crippen molar-refractivity contribution in [3.8, 4) is 0 Å². The van der Waals surface area contributed by atoms with Gasteiger partial charge in [-0.3, -0.25) is 0 Å². The second-order valence-electron chi connectivity index (χ2n) is 33.7. The van der Waals surface area contributed by atoms with Gasteiger partial charge in [-0.2, -0.15) is 0 Å².